The Bertz CT molecular complexity index is 337. The lowest BCUT2D eigenvalue weighted by molar-refractivity contribution is -0.134. The Balaban J connectivity index is 0. The Labute approximate surface area is 199 Å². The van der Waals surface area contributed by atoms with E-state index >= 15 is 0 Å². The van der Waals surface area contributed by atoms with Crippen molar-refractivity contribution in [1.29, 1.82) is 0 Å². The van der Waals surface area contributed by atoms with Crippen molar-refractivity contribution in [1.82, 2.24) is 0 Å². The number of carboxylic acid groups (broad SMARTS) is 1. The van der Waals surface area contributed by atoms with Crippen molar-refractivity contribution in [2.75, 3.05) is 0 Å². The molecule has 3 heteroatoms. The lowest BCUT2D eigenvalue weighted by Gasteiger charge is -2.30. The Kier molecular flexibility index (Phi) is 27.9. The SMILES string of the molecule is CC(=O)O.CCCCCCCCCC(P)(CCCCCCCC)CCCCCCCC. The molecule has 0 aliphatic heterocycles. The molecule has 0 rings (SSSR count). The summed E-state index contributed by atoms with van der Waals surface area (Å²) in [6, 6.07) is 0. The molecule has 1 atom stereocenters. The number of carbonyl (C=O) groups is 1. The highest BCUT2D eigenvalue weighted by molar-refractivity contribution is 7.19. The summed E-state index contributed by atoms with van der Waals surface area (Å²) in [4.78, 5) is 9.00. The first-order chi connectivity index (χ1) is 14.9. The Morgan fingerprint density at radius 2 is 0.742 bits per heavy atom. The Morgan fingerprint density at radius 1 is 0.548 bits per heavy atom. The standard InChI is InChI=1S/C26H55P.C2H4O2/c1-4-7-10-13-16-19-22-25-26(27,23-20-17-14-11-8-5-2)24-21-18-15-12-9-6-3;1-2(3)4/h4-25,27H2,1-3H3;1H3,(H,3,4). The molecule has 0 aliphatic carbocycles. The molecule has 31 heavy (non-hydrogen) atoms. The summed E-state index contributed by atoms with van der Waals surface area (Å²) in [5.74, 6) is -0.833. The van der Waals surface area contributed by atoms with Crippen molar-refractivity contribution in [3.05, 3.63) is 0 Å². The smallest absolute Gasteiger partial charge is 0.300 e. The number of hydrogen-bond acceptors (Lipinski definition) is 1. The third-order valence-electron chi connectivity index (χ3n) is 6.33. The molecule has 188 valence electrons. The molecule has 0 saturated carbocycles. The van der Waals surface area contributed by atoms with Gasteiger partial charge in [-0.1, -0.05) is 143 Å². The zero-order chi connectivity index (χ0) is 23.6. The van der Waals surface area contributed by atoms with Crippen LogP contribution in [-0.4, -0.2) is 16.2 Å². The third kappa shape index (κ3) is 29.9. The first-order valence-electron chi connectivity index (χ1n) is 13.9. The number of unbranched alkanes of at least 4 members (excludes halogenated alkanes) is 16. The van der Waals surface area contributed by atoms with Gasteiger partial charge in [0, 0.05) is 6.92 Å². The van der Waals surface area contributed by atoms with Gasteiger partial charge in [0.2, 0.25) is 0 Å². The molecule has 0 amide bonds. The van der Waals surface area contributed by atoms with Gasteiger partial charge in [0.25, 0.3) is 5.97 Å². The van der Waals surface area contributed by atoms with E-state index in [1.54, 1.807) is 0 Å². The highest BCUT2D eigenvalue weighted by Crippen LogP contribution is 2.37. The summed E-state index contributed by atoms with van der Waals surface area (Å²) in [7, 11) is 3.35. The maximum atomic E-state index is 9.00. The molecule has 0 fully saturated rings. The molecular formula is C28H59O2P. The minimum atomic E-state index is -0.833. The molecule has 0 aliphatic rings. The van der Waals surface area contributed by atoms with Gasteiger partial charge in [0.1, 0.15) is 0 Å². The van der Waals surface area contributed by atoms with E-state index in [1.165, 1.54) is 141 Å². The maximum absolute atomic E-state index is 9.00. The summed E-state index contributed by atoms with van der Waals surface area (Å²) >= 11 is 0. The van der Waals surface area contributed by atoms with Crippen molar-refractivity contribution in [3.8, 4) is 0 Å². The van der Waals surface area contributed by atoms with Crippen molar-refractivity contribution >= 4 is 15.2 Å². The second kappa shape index (κ2) is 26.2. The van der Waals surface area contributed by atoms with Crippen LogP contribution in [0.5, 0.6) is 0 Å². The summed E-state index contributed by atoms with van der Waals surface area (Å²) < 4.78 is 0. The quantitative estimate of drug-likeness (QED) is 0.129. The van der Waals surface area contributed by atoms with E-state index in [0.29, 0.717) is 5.16 Å². The average molecular weight is 459 g/mol. The molecule has 0 spiro atoms. The van der Waals surface area contributed by atoms with E-state index in [2.05, 4.69) is 30.0 Å². The summed E-state index contributed by atoms with van der Waals surface area (Å²) in [5, 5.41) is 7.97. The van der Waals surface area contributed by atoms with Crippen molar-refractivity contribution in [3.63, 3.8) is 0 Å². The number of carboxylic acids is 1. The van der Waals surface area contributed by atoms with Crippen molar-refractivity contribution < 1.29 is 9.90 Å². The van der Waals surface area contributed by atoms with Gasteiger partial charge in [0.15, 0.2) is 0 Å². The highest BCUT2D eigenvalue weighted by Gasteiger charge is 2.23. The normalized spacial score (nSPS) is 11.3. The van der Waals surface area contributed by atoms with Crippen LogP contribution in [0, 0.1) is 0 Å². The van der Waals surface area contributed by atoms with E-state index in [-0.39, 0.29) is 0 Å². The molecular weight excluding hydrogens is 399 g/mol. The predicted octanol–water partition coefficient (Wildman–Crippen LogP) is 10.3. The van der Waals surface area contributed by atoms with Crippen LogP contribution in [0.25, 0.3) is 0 Å². The van der Waals surface area contributed by atoms with Crippen molar-refractivity contribution in [2.24, 2.45) is 0 Å². The lowest BCUT2D eigenvalue weighted by Crippen LogP contribution is -2.20. The molecule has 0 aromatic carbocycles. The topological polar surface area (TPSA) is 37.3 Å². The fraction of sp³-hybridized carbons (Fsp3) is 0.964. The molecule has 0 aromatic rings. The average Bonchev–Trinajstić information content (AvgIpc) is 2.72. The zero-order valence-electron chi connectivity index (χ0n) is 22.0. The maximum Gasteiger partial charge on any atom is 0.300 e. The summed E-state index contributed by atoms with van der Waals surface area (Å²) in [6.45, 7) is 8.03. The predicted molar refractivity (Wildman–Crippen MR) is 144 cm³/mol. The number of hydrogen-bond donors (Lipinski definition) is 1. The van der Waals surface area contributed by atoms with E-state index in [9.17, 15) is 0 Å². The molecule has 2 nitrogen and oxygen atoms in total. The van der Waals surface area contributed by atoms with E-state index < -0.39 is 5.97 Å². The highest BCUT2D eigenvalue weighted by atomic mass is 31.0. The molecule has 0 bridgehead atoms. The van der Waals surface area contributed by atoms with Crippen LogP contribution >= 0.6 is 9.24 Å². The second-order valence-electron chi connectivity index (χ2n) is 9.79. The molecule has 0 radical (unpaired) electrons. The van der Waals surface area contributed by atoms with Crippen LogP contribution in [0.15, 0.2) is 0 Å². The zero-order valence-corrected chi connectivity index (χ0v) is 23.1. The van der Waals surface area contributed by atoms with Gasteiger partial charge in [-0.3, -0.25) is 4.79 Å². The number of aliphatic carboxylic acids is 1. The van der Waals surface area contributed by atoms with Crippen LogP contribution in [0.2, 0.25) is 0 Å². The minimum Gasteiger partial charge on any atom is -0.481 e. The van der Waals surface area contributed by atoms with Gasteiger partial charge >= 0.3 is 0 Å². The van der Waals surface area contributed by atoms with Crippen molar-refractivity contribution in [2.45, 2.75) is 174 Å². The van der Waals surface area contributed by atoms with Gasteiger partial charge in [-0.15, -0.1) is 9.24 Å². The van der Waals surface area contributed by atoms with E-state index in [1.807, 2.05) is 0 Å². The third-order valence-corrected chi connectivity index (χ3v) is 7.20. The monoisotopic (exact) mass is 458 g/mol. The summed E-state index contributed by atoms with van der Waals surface area (Å²) in [6.07, 6.45) is 31.7. The van der Waals surface area contributed by atoms with Gasteiger partial charge in [-0.25, -0.2) is 0 Å². The summed E-state index contributed by atoms with van der Waals surface area (Å²) in [5.41, 5.74) is 0. The van der Waals surface area contributed by atoms with Gasteiger partial charge in [-0.05, 0) is 24.4 Å². The van der Waals surface area contributed by atoms with Crippen LogP contribution in [0.4, 0.5) is 0 Å². The Morgan fingerprint density at radius 3 is 0.968 bits per heavy atom. The fourth-order valence-corrected chi connectivity index (χ4v) is 4.94. The largest absolute Gasteiger partial charge is 0.481 e. The molecule has 0 saturated heterocycles. The van der Waals surface area contributed by atoms with Crippen LogP contribution in [0.1, 0.15) is 169 Å². The van der Waals surface area contributed by atoms with E-state index in [4.69, 9.17) is 9.90 Å². The van der Waals surface area contributed by atoms with Gasteiger partial charge in [0.05, 0.1) is 0 Å². The molecule has 1 N–H and O–H groups in total. The van der Waals surface area contributed by atoms with Gasteiger partial charge < -0.3 is 5.11 Å². The number of rotatable bonds is 22. The van der Waals surface area contributed by atoms with Crippen LogP contribution in [-0.2, 0) is 4.79 Å². The fourth-order valence-electron chi connectivity index (χ4n) is 4.32. The van der Waals surface area contributed by atoms with E-state index in [0.717, 1.165) is 6.92 Å². The Hall–Kier alpha value is -0.100. The first-order valence-corrected chi connectivity index (χ1v) is 14.5. The first kappa shape index (κ1) is 33.1. The molecule has 0 aromatic heterocycles. The second-order valence-corrected chi connectivity index (χ2v) is 11.0. The lowest BCUT2D eigenvalue weighted by atomic mass is 9.88. The molecule has 1 unspecified atom stereocenters. The molecule has 0 heterocycles. The minimum absolute atomic E-state index is 0.554. The van der Waals surface area contributed by atoms with Gasteiger partial charge in [-0.2, -0.15) is 0 Å². The van der Waals surface area contributed by atoms with Crippen LogP contribution < -0.4 is 0 Å². The van der Waals surface area contributed by atoms with Crippen LogP contribution in [0.3, 0.4) is 0 Å².